The van der Waals surface area contributed by atoms with Crippen molar-refractivity contribution < 1.29 is 18.7 Å². The summed E-state index contributed by atoms with van der Waals surface area (Å²) < 4.78 is 23.9. The summed E-state index contributed by atoms with van der Waals surface area (Å²) in [5.74, 6) is -0.893. The summed E-state index contributed by atoms with van der Waals surface area (Å²) in [7, 11) is 1.28. The SMILES string of the molecule is COC(=O)CNc1ccc(OCc2cccc(C#N)c2)c(F)c1. The van der Waals surface area contributed by atoms with E-state index >= 15 is 0 Å². The number of esters is 1. The van der Waals surface area contributed by atoms with Gasteiger partial charge in [-0.2, -0.15) is 5.26 Å². The molecule has 0 spiro atoms. The minimum absolute atomic E-state index is 0.0445. The first-order chi connectivity index (χ1) is 11.1. The van der Waals surface area contributed by atoms with Gasteiger partial charge in [0.25, 0.3) is 0 Å². The van der Waals surface area contributed by atoms with Gasteiger partial charge < -0.3 is 14.8 Å². The maximum Gasteiger partial charge on any atom is 0.325 e. The van der Waals surface area contributed by atoms with Crippen LogP contribution in [0.2, 0.25) is 0 Å². The first-order valence-electron chi connectivity index (χ1n) is 6.84. The molecule has 0 heterocycles. The van der Waals surface area contributed by atoms with Crippen LogP contribution in [-0.2, 0) is 16.1 Å². The molecule has 0 amide bonds. The normalized spacial score (nSPS) is 9.78. The second-order valence-corrected chi connectivity index (χ2v) is 4.68. The number of nitrogens with one attached hydrogen (secondary N) is 1. The Labute approximate surface area is 133 Å². The number of hydrogen-bond donors (Lipinski definition) is 1. The van der Waals surface area contributed by atoms with Gasteiger partial charge in [0.15, 0.2) is 11.6 Å². The molecule has 2 aromatic carbocycles. The van der Waals surface area contributed by atoms with E-state index in [1.807, 2.05) is 6.07 Å². The molecule has 0 aliphatic rings. The number of nitriles is 1. The van der Waals surface area contributed by atoms with Crippen LogP contribution in [0.4, 0.5) is 10.1 Å². The van der Waals surface area contributed by atoms with Crippen molar-refractivity contribution in [3.63, 3.8) is 0 Å². The lowest BCUT2D eigenvalue weighted by molar-refractivity contribution is -0.138. The number of carbonyl (C=O) groups excluding carboxylic acids is 1. The quantitative estimate of drug-likeness (QED) is 0.830. The molecular weight excluding hydrogens is 299 g/mol. The predicted molar refractivity (Wildman–Crippen MR) is 82.4 cm³/mol. The minimum atomic E-state index is -0.545. The number of carbonyl (C=O) groups is 1. The van der Waals surface area contributed by atoms with E-state index in [1.165, 1.54) is 19.2 Å². The lowest BCUT2D eigenvalue weighted by Crippen LogP contribution is -2.15. The first-order valence-corrected chi connectivity index (χ1v) is 6.84. The maximum atomic E-state index is 14.0. The van der Waals surface area contributed by atoms with Crippen LogP contribution in [0.15, 0.2) is 42.5 Å². The van der Waals surface area contributed by atoms with E-state index in [-0.39, 0.29) is 18.9 Å². The molecular formula is C17H15FN2O3. The Morgan fingerprint density at radius 1 is 1.30 bits per heavy atom. The second kappa shape index (κ2) is 7.80. The van der Waals surface area contributed by atoms with Gasteiger partial charge in [-0.25, -0.2) is 4.39 Å². The Bertz CT molecular complexity index is 741. The van der Waals surface area contributed by atoms with Gasteiger partial charge in [-0.1, -0.05) is 12.1 Å². The van der Waals surface area contributed by atoms with E-state index in [4.69, 9.17) is 10.00 Å². The lowest BCUT2D eigenvalue weighted by Gasteiger charge is -2.10. The minimum Gasteiger partial charge on any atom is -0.486 e. The Morgan fingerprint density at radius 3 is 2.83 bits per heavy atom. The average molecular weight is 314 g/mol. The maximum absolute atomic E-state index is 14.0. The lowest BCUT2D eigenvalue weighted by atomic mass is 10.1. The van der Waals surface area contributed by atoms with Crippen molar-refractivity contribution in [2.24, 2.45) is 0 Å². The van der Waals surface area contributed by atoms with E-state index in [9.17, 15) is 9.18 Å². The van der Waals surface area contributed by atoms with E-state index in [0.29, 0.717) is 11.3 Å². The number of nitrogens with zero attached hydrogens (tertiary/aromatic N) is 1. The summed E-state index contributed by atoms with van der Waals surface area (Å²) in [5, 5.41) is 11.6. The molecule has 0 fully saturated rings. The zero-order chi connectivity index (χ0) is 16.7. The predicted octanol–water partition coefficient (Wildman–Crippen LogP) is 2.86. The third-order valence-corrected chi connectivity index (χ3v) is 3.05. The van der Waals surface area contributed by atoms with Gasteiger partial charge in [-0.3, -0.25) is 4.79 Å². The Balaban J connectivity index is 1.98. The zero-order valence-electron chi connectivity index (χ0n) is 12.5. The third kappa shape index (κ3) is 4.71. The molecule has 6 heteroatoms. The van der Waals surface area contributed by atoms with Crippen LogP contribution in [0.25, 0.3) is 0 Å². The van der Waals surface area contributed by atoms with Crippen molar-refractivity contribution >= 4 is 11.7 Å². The summed E-state index contributed by atoms with van der Waals surface area (Å²) in [6, 6.07) is 13.3. The highest BCUT2D eigenvalue weighted by atomic mass is 19.1. The molecule has 0 saturated heterocycles. The van der Waals surface area contributed by atoms with Crippen LogP contribution < -0.4 is 10.1 Å². The van der Waals surface area contributed by atoms with Crippen LogP contribution in [0.5, 0.6) is 5.75 Å². The molecule has 23 heavy (non-hydrogen) atoms. The largest absolute Gasteiger partial charge is 0.486 e. The number of halogens is 1. The summed E-state index contributed by atoms with van der Waals surface area (Å²) in [4.78, 5) is 11.0. The van der Waals surface area contributed by atoms with Gasteiger partial charge in [0.1, 0.15) is 13.2 Å². The average Bonchev–Trinajstić information content (AvgIpc) is 2.59. The molecule has 1 N–H and O–H groups in total. The Kier molecular flexibility index (Phi) is 5.53. The van der Waals surface area contributed by atoms with Gasteiger partial charge in [0.2, 0.25) is 0 Å². The molecule has 0 radical (unpaired) electrons. The van der Waals surface area contributed by atoms with Crippen molar-refractivity contribution in [2.75, 3.05) is 19.0 Å². The van der Waals surface area contributed by atoms with Gasteiger partial charge in [-0.15, -0.1) is 0 Å². The third-order valence-electron chi connectivity index (χ3n) is 3.05. The number of methoxy groups -OCH3 is 1. The first kappa shape index (κ1) is 16.3. The van der Waals surface area contributed by atoms with Crippen molar-refractivity contribution in [1.29, 1.82) is 5.26 Å². The number of rotatable bonds is 6. The smallest absolute Gasteiger partial charge is 0.325 e. The monoisotopic (exact) mass is 314 g/mol. The fourth-order valence-electron chi connectivity index (χ4n) is 1.87. The molecule has 5 nitrogen and oxygen atoms in total. The standard InChI is InChI=1S/C17H15FN2O3/c1-22-17(21)10-20-14-5-6-16(15(18)8-14)23-11-13-4-2-3-12(7-13)9-19/h2-8,20H,10-11H2,1H3. The van der Waals surface area contributed by atoms with Crippen LogP contribution in [0.1, 0.15) is 11.1 Å². The number of anilines is 1. The molecule has 0 aliphatic carbocycles. The fourth-order valence-corrected chi connectivity index (χ4v) is 1.87. The van der Waals surface area contributed by atoms with Crippen LogP contribution >= 0.6 is 0 Å². The molecule has 0 saturated carbocycles. The Hall–Kier alpha value is -3.07. The Morgan fingerprint density at radius 2 is 2.13 bits per heavy atom. The molecule has 2 aromatic rings. The van der Waals surface area contributed by atoms with E-state index in [1.54, 1.807) is 30.3 Å². The highest BCUT2D eigenvalue weighted by molar-refractivity contribution is 5.74. The molecule has 0 aromatic heterocycles. The summed E-state index contributed by atoms with van der Waals surface area (Å²) in [6.07, 6.45) is 0. The van der Waals surface area contributed by atoms with Crippen LogP contribution in [0.3, 0.4) is 0 Å². The van der Waals surface area contributed by atoms with Gasteiger partial charge in [-0.05, 0) is 29.8 Å². The van der Waals surface area contributed by atoms with Crippen molar-refractivity contribution in [3.8, 4) is 11.8 Å². The molecule has 0 bridgehead atoms. The highest BCUT2D eigenvalue weighted by Gasteiger charge is 2.07. The van der Waals surface area contributed by atoms with Gasteiger partial charge in [0, 0.05) is 11.8 Å². The fraction of sp³-hybridized carbons (Fsp3) is 0.176. The second-order valence-electron chi connectivity index (χ2n) is 4.68. The van der Waals surface area contributed by atoms with Crippen LogP contribution in [-0.4, -0.2) is 19.6 Å². The zero-order valence-corrected chi connectivity index (χ0v) is 12.5. The summed E-state index contributed by atoms with van der Waals surface area (Å²) in [5.41, 5.74) is 1.75. The van der Waals surface area contributed by atoms with Crippen molar-refractivity contribution in [3.05, 3.63) is 59.4 Å². The van der Waals surface area contributed by atoms with Gasteiger partial charge in [0.05, 0.1) is 18.7 Å². The van der Waals surface area contributed by atoms with Crippen molar-refractivity contribution in [2.45, 2.75) is 6.61 Å². The number of ether oxygens (including phenoxy) is 2. The molecule has 2 rings (SSSR count). The van der Waals surface area contributed by atoms with Crippen molar-refractivity contribution in [1.82, 2.24) is 0 Å². The van der Waals surface area contributed by atoms with Crippen LogP contribution in [0, 0.1) is 17.1 Å². The van der Waals surface area contributed by atoms with Gasteiger partial charge >= 0.3 is 5.97 Å². The summed E-state index contributed by atoms with van der Waals surface area (Å²) >= 11 is 0. The molecule has 0 unspecified atom stereocenters. The number of hydrogen-bond acceptors (Lipinski definition) is 5. The van der Waals surface area contributed by atoms with E-state index in [2.05, 4.69) is 10.1 Å². The molecule has 0 atom stereocenters. The number of benzene rings is 2. The topological polar surface area (TPSA) is 71.3 Å². The van der Waals surface area contributed by atoms with E-state index in [0.717, 1.165) is 5.56 Å². The highest BCUT2D eigenvalue weighted by Crippen LogP contribution is 2.22. The van der Waals surface area contributed by atoms with E-state index < -0.39 is 11.8 Å². The summed E-state index contributed by atoms with van der Waals surface area (Å²) in [6.45, 7) is 0.110. The molecule has 118 valence electrons. The molecule has 0 aliphatic heterocycles.